The lowest BCUT2D eigenvalue weighted by Gasteiger charge is -2.06. The summed E-state index contributed by atoms with van der Waals surface area (Å²) in [6.45, 7) is 0. The van der Waals surface area contributed by atoms with Crippen LogP contribution in [0.15, 0.2) is 84.0 Å². The molecule has 0 spiro atoms. The zero-order valence-corrected chi connectivity index (χ0v) is 15.0. The Hall–Kier alpha value is -3.56. The molecule has 0 saturated carbocycles. The minimum atomic E-state index is -0.206. The number of nitriles is 1. The van der Waals surface area contributed by atoms with Crippen LogP contribution in [-0.4, -0.2) is 15.3 Å². The van der Waals surface area contributed by atoms with Crippen LogP contribution < -0.4 is 5.32 Å². The van der Waals surface area contributed by atoms with E-state index in [0.717, 1.165) is 27.9 Å². The number of pyridine rings is 1. The fourth-order valence-corrected chi connectivity index (χ4v) is 3.11. The van der Waals surface area contributed by atoms with Crippen LogP contribution in [0.4, 0.5) is 5.69 Å². The van der Waals surface area contributed by atoms with Crippen molar-refractivity contribution in [3.8, 4) is 16.7 Å². The molecular formula is C21H14N4OS. The largest absolute Gasteiger partial charge is 0.322 e. The van der Waals surface area contributed by atoms with Crippen LogP contribution in [0.2, 0.25) is 0 Å². The number of amides is 1. The number of imidazole rings is 1. The fraction of sp³-hybridized carbons (Fsp3) is 0. The lowest BCUT2D eigenvalue weighted by Crippen LogP contribution is -2.12. The van der Waals surface area contributed by atoms with Gasteiger partial charge in [0.2, 0.25) is 0 Å². The van der Waals surface area contributed by atoms with Gasteiger partial charge in [0.05, 0.1) is 5.69 Å². The molecule has 0 saturated heterocycles. The first-order chi connectivity index (χ1) is 13.2. The average Bonchev–Trinajstić information content (AvgIpc) is 3.14. The van der Waals surface area contributed by atoms with Crippen LogP contribution in [0.25, 0.3) is 16.9 Å². The van der Waals surface area contributed by atoms with E-state index in [0.29, 0.717) is 16.9 Å². The van der Waals surface area contributed by atoms with Gasteiger partial charge < -0.3 is 9.72 Å². The molecule has 5 nitrogen and oxygen atoms in total. The summed E-state index contributed by atoms with van der Waals surface area (Å²) in [6.07, 6.45) is 3.77. The van der Waals surface area contributed by atoms with E-state index in [1.54, 1.807) is 36.4 Å². The predicted molar refractivity (Wildman–Crippen MR) is 106 cm³/mol. The Morgan fingerprint density at radius 2 is 1.85 bits per heavy atom. The van der Waals surface area contributed by atoms with Gasteiger partial charge in [-0.25, -0.2) is 4.98 Å². The first-order valence-electron chi connectivity index (χ1n) is 8.24. The SMILES string of the molecule is N#CSc1ccc(NC(=O)c2ccn3cc(-c4ccccc4)nc3c2)cc1. The highest BCUT2D eigenvalue weighted by atomic mass is 32.2. The first-order valence-corrected chi connectivity index (χ1v) is 9.06. The summed E-state index contributed by atoms with van der Waals surface area (Å²) in [4.78, 5) is 18.0. The van der Waals surface area contributed by atoms with Crippen molar-refractivity contribution < 1.29 is 4.79 Å². The highest BCUT2D eigenvalue weighted by molar-refractivity contribution is 8.03. The van der Waals surface area contributed by atoms with E-state index in [-0.39, 0.29) is 5.91 Å². The lowest BCUT2D eigenvalue weighted by molar-refractivity contribution is 0.102. The van der Waals surface area contributed by atoms with E-state index >= 15 is 0 Å². The molecule has 6 heteroatoms. The van der Waals surface area contributed by atoms with Crippen LogP contribution in [-0.2, 0) is 0 Å². The Bertz CT molecular complexity index is 1140. The second kappa shape index (κ2) is 7.36. The maximum absolute atomic E-state index is 12.5. The smallest absolute Gasteiger partial charge is 0.255 e. The predicted octanol–water partition coefficient (Wildman–Crippen LogP) is 4.83. The van der Waals surface area contributed by atoms with Crippen molar-refractivity contribution in [2.45, 2.75) is 4.90 Å². The Morgan fingerprint density at radius 3 is 2.59 bits per heavy atom. The van der Waals surface area contributed by atoms with Crippen molar-refractivity contribution in [1.29, 1.82) is 5.26 Å². The van der Waals surface area contributed by atoms with E-state index in [1.807, 2.05) is 52.5 Å². The van der Waals surface area contributed by atoms with Crippen molar-refractivity contribution in [3.05, 3.63) is 84.7 Å². The lowest BCUT2D eigenvalue weighted by atomic mass is 10.2. The summed E-state index contributed by atoms with van der Waals surface area (Å²) in [7, 11) is 0. The minimum absolute atomic E-state index is 0.206. The van der Waals surface area contributed by atoms with Gasteiger partial charge >= 0.3 is 0 Å². The van der Waals surface area contributed by atoms with E-state index in [9.17, 15) is 4.79 Å². The maximum atomic E-state index is 12.5. The van der Waals surface area contributed by atoms with Crippen molar-refractivity contribution in [2.24, 2.45) is 0 Å². The number of hydrogen-bond acceptors (Lipinski definition) is 4. The molecule has 2 aromatic carbocycles. The normalized spacial score (nSPS) is 10.5. The summed E-state index contributed by atoms with van der Waals surface area (Å²) >= 11 is 1.08. The highest BCUT2D eigenvalue weighted by Gasteiger charge is 2.10. The molecule has 2 aromatic heterocycles. The van der Waals surface area contributed by atoms with Crippen LogP contribution in [0.3, 0.4) is 0 Å². The van der Waals surface area contributed by atoms with Gasteiger partial charge in [0.15, 0.2) is 0 Å². The number of nitrogens with zero attached hydrogens (tertiary/aromatic N) is 3. The fourth-order valence-electron chi connectivity index (χ4n) is 2.73. The van der Waals surface area contributed by atoms with Crippen LogP contribution in [0, 0.1) is 10.7 Å². The first kappa shape index (κ1) is 16.9. The summed E-state index contributed by atoms with van der Waals surface area (Å²) in [6, 6.07) is 20.6. The zero-order chi connectivity index (χ0) is 18.6. The third kappa shape index (κ3) is 3.68. The molecule has 0 aliphatic rings. The molecule has 0 bridgehead atoms. The number of benzene rings is 2. The number of carbonyl (C=O) groups excluding carboxylic acids is 1. The Balaban J connectivity index is 1.56. The van der Waals surface area contributed by atoms with Crippen LogP contribution in [0.1, 0.15) is 10.4 Å². The molecular weight excluding hydrogens is 356 g/mol. The van der Waals surface area contributed by atoms with Gasteiger partial charge in [-0.3, -0.25) is 4.79 Å². The Kier molecular flexibility index (Phi) is 4.60. The van der Waals surface area contributed by atoms with Gasteiger partial charge in [-0.05, 0) is 48.2 Å². The third-order valence-corrected chi connectivity index (χ3v) is 4.67. The number of carbonyl (C=O) groups is 1. The second-order valence-corrected chi connectivity index (χ2v) is 6.70. The van der Waals surface area contributed by atoms with E-state index in [4.69, 9.17) is 5.26 Å². The molecule has 4 rings (SSSR count). The minimum Gasteiger partial charge on any atom is -0.322 e. The molecule has 0 fully saturated rings. The molecule has 1 N–H and O–H groups in total. The summed E-state index contributed by atoms with van der Waals surface area (Å²) in [5, 5.41) is 13.6. The molecule has 0 aliphatic heterocycles. The van der Waals surface area contributed by atoms with Gasteiger partial charge in [0.1, 0.15) is 11.0 Å². The van der Waals surface area contributed by atoms with Gasteiger partial charge in [-0.15, -0.1) is 0 Å². The number of aromatic nitrogens is 2. The van der Waals surface area contributed by atoms with Gasteiger partial charge in [0.25, 0.3) is 5.91 Å². The van der Waals surface area contributed by atoms with Crippen molar-refractivity contribution in [3.63, 3.8) is 0 Å². The number of fused-ring (bicyclic) bond motifs is 1. The molecule has 2 heterocycles. The second-order valence-electron chi connectivity index (χ2n) is 5.84. The molecule has 130 valence electrons. The number of rotatable bonds is 4. The molecule has 0 unspecified atom stereocenters. The number of anilines is 1. The molecule has 0 atom stereocenters. The van der Waals surface area contributed by atoms with E-state index in [2.05, 4.69) is 10.3 Å². The highest BCUT2D eigenvalue weighted by Crippen LogP contribution is 2.21. The summed E-state index contributed by atoms with van der Waals surface area (Å²) < 4.78 is 1.90. The Labute approximate surface area is 160 Å². The topological polar surface area (TPSA) is 70.2 Å². The van der Waals surface area contributed by atoms with Crippen LogP contribution in [0.5, 0.6) is 0 Å². The molecule has 27 heavy (non-hydrogen) atoms. The quantitative estimate of drug-likeness (QED) is 0.413. The molecule has 0 radical (unpaired) electrons. The molecule has 0 aliphatic carbocycles. The van der Waals surface area contributed by atoms with Gasteiger partial charge in [0, 0.05) is 34.1 Å². The van der Waals surface area contributed by atoms with Crippen molar-refractivity contribution >= 4 is 29.0 Å². The summed E-state index contributed by atoms with van der Waals surface area (Å²) in [5.41, 5.74) is 3.81. The van der Waals surface area contributed by atoms with Crippen LogP contribution >= 0.6 is 11.8 Å². The van der Waals surface area contributed by atoms with Gasteiger partial charge in [-0.1, -0.05) is 30.3 Å². The molecule has 4 aromatic rings. The van der Waals surface area contributed by atoms with Gasteiger partial charge in [-0.2, -0.15) is 5.26 Å². The maximum Gasteiger partial charge on any atom is 0.255 e. The number of nitrogens with one attached hydrogen (secondary N) is 1. The standard InChI is InChI=1S/C21H14N4OS/c22-14-27-18-8-6-17(7-9-18)23-21(26)16-10-11-25-13-19(24-20(25)12-16)15-4-2-1-3-5-15/h1-13H,(H,23,26). The van der Waals surface area contributed by atoms with E-state index < -0.39 is 0 Å². The average molecular weight is 370 g/mol. The number of thiocyanates is 1. The summed E-state index contributed by atoms with van der Waals surface area (Å²) in [5.74, 6) is -0.206. The number of thioether (sulfide) groups is 1. The monoisotopic (exact) mass is 370 g/mol. The third-order valence-electron chi connectivity index (χ3n) is 4.07. The number of hydrogen-bond donors (Lipinski definition) is 1. The zero-order valence-electron chi connectivity index (χ0n) is 14.2. The van der Waals surface area contributed by atoms with Crippen molar-refractivity contribution in [2.75, 3.05) is 5.32 Å². The van der Waals surface area contributed by atoms with Crippen molar-refractivity contribution in [1.82, 2.24) is 9.38 Å². The molecule has 1 amide bonds. The Morgan fingerprint density at radius 1 is 1.07 bits per heavy atom. The van der Waals surface area contributed by atoms with E-state index in [1.165, 1.54) is 0 Å².